The highest BCUT2D eigenvalue weighted by Crippen LogP contribution is 2.72. The van der Waals surface area contributed by atoms with E-state index >= 15 is 0 Å². The molecule has 0 amide bonds. The van der Waals surface area contributed by atoms with E-state index in [1.807, 2.05) is 0 Å². The summed E-state index contributed by atoms with van der Waals surface area (Å²) in [6.45, 7) is 23.5. The predicted octanol–water partition coefficient (Wildman–Crippen LogP) is 11.2. The average molecular weight is 473 g/mol. The molecule has 0 aromatic rings. The molecule has 4 unspecified atom stereocenters. The molecule has 0 saturated heterocycles. The number of rotatable bonds is 0. The molecule has 0 heteroatoms. The summed E-state index contributed by atoms with van der Waals surface area (Å²) in [5.74, 6) is 8.34. The van der Waals surface area contributed by atoms with E-state index in [-0.39, 0.29) is 0 Å². The third-order valence-corrected chi connectivity index (χ3v) is 10.8. The third-order valence-electron chi connectivity index (χ3n) is 10.8. The van der Waals surface area contributed by atoms with Crippen LogP contribution in [-0.2, 0) is 0 Å². The van der Waals surface area contributed by atoms with Gasteiger partial charge in [0.15, 0.2) is 0 Å². The molecule has 0 heterocycles. The van der Waals surface area contributed by atoms with Crippen LogP contribution >= 0.6 is 0 Å². The van der Waals surface area contributed by atoms with Gasteiger partial charge in [-0.15, -0.1) is 0 Å². The van der Waals surface area contributed by atoms with Crippen LogP contribution < -0.4 is 0 Å². The Labute approximate surface area is 216 Å². The fourth-order valence-electron chi connectivity index (χ4n) is 9.41. The van der Waals surface area contributed by atoms with Crippen LogP contribution in [0.25, 0.3) is 0 Å². The van der Waals surface area contributed by atoms with E-state index in [1.54, 1.807) is 0 Å². The van der Waals surface area contributed by atoms with Gasteiger partial charge in [-0.25, -0.2) is 0 Å². The topological polar surface area (TPSA) is 0 Å². The fourth-order valence-corrected chi connectivity index (χ4v) is 9.41. The summed E-state index contributed by atoms with van der Waals surface area (Å²) in [5.41, 5.74) is 2.54. The lowest BCUT2D eigenvalue weighted by Crippen LogP contribution is -2.57. The first-order valence-corrected chi connectivity index (χ1v) is 15.7. The van der Waals surface area contributed by atoms with Crippen molar-refractivity contribution in [1.29, 1.82) is 0 Å². The van der Waals surface area contributed by atoms with Crippen molar-refractivity contribution >= 4 is 0 Å². The highest BCUT2D eigenvalue weighted by atomic mass is 14.7. The first-order chi connectivity index (χ1) is 15.7. The summed E-state index contributed by atoms with van der Waals surface area (Å²) in [6, 6.07) is 0. The van der Waals surface area contributed by atoms with Gasteiger partial charge < -0.3 is 0 Å². The second-order valence-corrected chi connectivity index (χ2v) is 16.6. The van der Waals surface area contributed by atoms with Crippen LogP contribution in [0.5, 0.6) is 0 Å². The van der Waals surface area contributed by atoms with Crippen molar-refractivity contribution in [2.24, 2.45) is 63.6 Å². The smallest absolute Gasteiger partial charge is 0.0287 e. The second kappa shape index (κ2) is 11.2. The maximum Gasteiger partial charge on any atom is -0.0287 e. The average Bonchev–Trinajstić information content (AvgIpc) is 3.12. The van der Waals surface area contributed by atoms with E-state index < -0.39 is 0 Å². The summed E-state index contributed by atoms with van der Waals surface area (Å²) in [7, 11) is 0. The standard InChI is InChI=1S/C9H16.C7H12.C7H14.C6H12.C5H10/c1-7-3-9(4-7)5-8(2)6-9;1-6-3-7(2,4-6)5-6;1-6-3-4-7(2)5-6;1-5-3-6(2)4-5;1-4-3-5(4)2/h7-8H,3-6H2,1-2H3;3-5H2,1-2H3;6-7H,3-5H2,1-2H3;5-6H,3-4H2,1-2H3;4-5H,3H2,1-2H3. The molecule has 8 saturated carbocycles. The molecule has 0 N–H and O–H groups in total. The van der Waals surface area contributed by atoms with E-state index in [9.17, 15) is 0 Å². The molecule has 2 bridgehead atoms. The zero-order valence-electron chi connectivity index (χ0n) is 25.3. The molecule has 0 nitrogen and oxygen atoms in total. The first-order valence-electron chi connectivity index (χ1n) is 15.7. The summed E-state index contributed by atoms with van der Waals surface area (Å²) in [4.78, 5) is 0. The Morgan fingerprint density at radius 1 is 0.412 bits per heavy atom. The maximum absolute atomic E-state index is 2.40. The van der Waals surface area contributed by atoms with Crippen LogP contribution in [0.4, 0.5) is 0 Å². The molecule has 8 rings (SSSR count). The van der Waals surface area contributed by atoms with Crippen molar-refractivity contribution < 1.29 is 0 Å². The Hall–Kier alpha value is 0. The lowest BCUT2D eigenvalue weighted by Gasteiger charge is -2.68. The van der Waals surface area contributed by atoms with Gasteiger partial charge in [0.2, 0.25) is 0 Å². The molecular weight excluding hydrogens is 408 g/mol. The van der Waals surface area contributed by atoms with E-state index in [4.69, 9.17) is 0 Å². The van der Waals surface area contributed by atoms with Crippen LogP contribution in [0, 0.1) is 63.6 Å². The van der Waals surface area contributed by atoms with Crippen LogP contribution in [0.3, 0.4) is 0 Å². The molecule has 8 fully saturated rings. The molecule has 8 aliphatic carbocycles. The van der Waals surface area contributed by atoms with Gasteiger partial charge in [-0.3, -0.25) is 0 Å². The van der Waals surface area contributed by atoms with Gasteiger partial charge in [-0.2, -0.15) is 0 Å². The zero-order valence-corrected chi connectivity index (χ0v) is 25.3. The third kappa shape index (κ3) is 8.26. The van der Waals surface area contributed by atoms with E-state index in [1.165, 1.54) is 83.5 Å². The molecule has 0 aromatic heterocycles. The van der Waals surface area contributed by atoms with Crippen LogP contribution in [-0.4, -0.2) is 0 Å². The molecular formula is C34H64. The second-order valence-electron chi connectivity index (χ2n) is 16.6. The molecule has 1 spiro atoms. The van der Waals surface area contributed by atoms with Gasteiger partial charge in [0.25, 0.3) is 0 Å². The minimum absolute atomic E-state index is 0.828. The molecule has 8 aliphatic rings. The highest BCUT2D eigenvalue weighted by Gasteiger charge is 2.61. The Balaban J connectivity index is 0.000000121. The Morgan fingerprint density at radius 2 is 0.706 bits per heavy atom. The monoisotopic (exact) mass is 473 g/mol. The summed E-state index contributed by atoms with van der Waals surface area (Å²) < 4.78 is 0. The molecule has 0 radical (unpaired) electrons. The van der Waals surface area contributed by atoms with E-state index in [0.29, 0.717) is 0 Å². The fraction of sp³-hybridized carbons (Fsp3) is 1.00. The maximum atomic E-state index is 2.40. The molecule has 0 aliphatic heterocycles. The van der Waals surface area contributed by atoms with Crippen molar-refractivity contribution in [3.63, 3.8) is 0 Å². The van der Waals surface area contributed by atoms with E-state index in [0.717, 1.165) is 63.6 Å². The van der Waals surface area contributed by atoms with Crippen molar-refractivity contribution in [3.8, 4) is 0 Å². The predicted molar refractivity (Wildman–Crippen MR) is 152 cm³/mol. The first kappa shape index (κ1) is 28.6. The zero-order chi connectivity index (χ0) is 25.3. The highest BCUT2D eigenvalue weighted by molar-refractivity contribution is 5.12. The van der Waals surface area contributed by atoms with Gasteiger partial charge in [0, 0.05) is 0 Å². The molecule has 4 atom stereocenters. The Morgan fingerprint density at radius 3 is 0.794 bits per heavy atom. The van der Waals surface area contributed by atoms with Crippen molar-refractivity contribution in [3.05, 3.63) is 0 Å². The van der Waals surface area contributed by atoms with Crippen molar-refractivity contribution in [1.82, 2.24) is 0 Å². The Bertz CT molecular complexity index is 541. The molecule has 200 valence electrons. The largest absolute Gasteiger partial charge is 0.0625 e. The summed E-state index contributed by atoms with van der Waals surface area (Å²) >= 11 is 0. The van der Waals surface area contributed by atoms with E-state index in [2.05, 4.69) is 69.2 Å². The lowest BCUT2D eigenvalue weighted by molar-refractivity contribution is -0.176. The van der Waals surface area contributed by atoms with Crippen LogP contribution in [0.1, 0.15) is 153 Å². The van der Waals surface area contributed by atoms with Gasteiger partial charge >= 0.3 is 0 Å². The minimum Gasteiger partial charge on any atom is -0.0625 e. The summed E-state index contributed by atoms with van der Waals surface area (Å²) in [6.07, 6.45) is 19.5. The lowest BCUT2D eigenvalue weighted by atomic mass is 9.37. The van der Waals surface area contributed by atoms with Gasteiger partial charge in [-0.05, 0) is 134 Å². The minimum atomic E-state index is 0.828. The SMILES string of the molecule is CC12CC(C)(C1)C2.CC1CC(C)C1.CC1CC1C.CC1CC2(C1)CC(C)C2.CC1CCC(C)C1. The quantitative estimate of drug-likeness (QED) is 0.329. The molecule has 0 aromatic carbocycles. The normalized spacial score (nSPS) is 52.4. The van der Waals surface area contributed by atoms with Crippen molar-refractivity contribution in [2.75, 3.05) is 0 Å². The summed E-state index contributed by atoms with van der Waals surface area (Å²) in [5, 5.41) is 0. The van der Waals surface area contributed by atoms with Crippen LogP contribution in [0.2, 0.25) is 0 Å². The Kier molecular flexibility index (Phi) is 9.39. The van der Waals surface area contributed by atoms with Crippen LogP contribution in [0.15, 0.2) is 0 Å². The van der Waals surface area contributed by atoms with Gasteiger partial charge in [-0.1, -0.05) is 82.1 Å². The number of hydrogen-bond acceptors (Lipinski definition) is 0. The number of hydrogen-bond donors (Lipinski definition) is 0. The van der Waals surface area contributed by atoms with Crippen molar-refractivity contribution in [2.45, 2.75) is 153 Å². The van der Waals surface area contributed by atoms with Gasteiger partial charge in [0.1, 0.15) is 0 Å². The van der Waals surface area contributed by atoms with Gasteiger partial charge in [0.05, 0.1) is 0 Å². The molecule has 34 heavy (non-hydrogen) atoms.